The van der Waals surface area contributed by atoms with Gasteiger partial charge in [-0.2, -0.15) is 0 Å². The number of nitrogens with zero attached hydrogens (tertiary/aromatic N) is 2. The first-order valence-corrected chi connectivity index (χ1v) is 2.26. The fourth-order valence-electron chi connectivity index (χ4n) is 0. The maximum atomic E-state index is 9.75. The quantitative estimate of drug-likeness (QED) is 0.472. The minimum atomic E-state index is -6.00. The van der Waals surface area contributed by atoms with Gasteiger partial charge in [0, 0.05) is 13.1 Å². The molecule has 0 rings (SSSR count). The van der Waals surface area contributed by atoms with Crippen LogP contribution < -0.4 is 0 Å². The van der Waals surface area contributed by atoms with Crippen molar-refractivity contribution >= 4 is 14.5 Å². The van der Waals surface area contributed by atoms with Gasteiger partial charge in [0.15, 0.2) is 0 Å². The molecule has 0 saturated heterocycles. The summed E-state index contributed by atoms with van der Waals surface area (Å²) in [6.07, 6.45) is 0. The standard InChI is InChI=1S/2CHN.2BF4/c2*1-2;2*2-1(3,4)5/h2*1H;;/q;;2*-1. The zero-order valence-corrected chi connectivity index (χ0v) is 6.23. The van der Waals surface area contributed by atoms with Gasteiger partial charge in [-0.15, -0.1) is 0 Å². The lowest BCUT2D eigenvalue weighted by Gasteiger charge is -1.94. The Balaban J connectivity index is -0.0000000528. The van der Waals surface area contributed by atoms with Crippen molar-refractivity contribution in [2.45, 2.75) is 0 Å². The molecule has 0 atom stereocenters. The minimum absolute atomic E-state index is 3.50. The average Bonchev–Trinajstić information content (AvgIpc) is 1.88. The third kappa shape index (κ3) is 458. The molecular formula is C2H2B2F8N2-2. The van der Waals surface area contributed by atoms with E-state index >= 15 is 0 Å². The summed E-state index contributed by atoms with van der Waals surface area (Å²) < 4.78 is 78.0. The van der Waals surface area contributed by atoms with E-state index in [1.807, 2.05) is 0 Å². The predicted molar refractivity (Wildman–Crippen MR) is 33.7 cm³/mol. The van der Waals surface area contributed by atoms with Gasteiger partial charge in [0.2, 0.25) is 0 Å². The Morgan fingerprint density at radius 1 is 0.500 bits per heavy atom. The molecular weight excluding hydrogens is 226 g/mol. The summed E-state index contributed by atoms with van der Waals surface area (Å²) in [5.41, 5.74) is 0. The Bertz CT molecular complexity index is 115. The van der Waals surface area contributed by atoms with Gasteiger partial charge in [0.25, 0.3) is 0 Å². The van der Waals surface area contributed by atoms with Crippen molar-refractivity contribution in [3.63, 3.8) is 0 Å². The summed E-state index contributed by atoms with van der Waals surface area (Å²) in [5, 5.41) is 13.0. The third-order valence-corrected chi connectivity index (χ3v) is 0. The molecule has 84 valence electrons. The lowest BCUT2D eigenvalue weighted by molar-refractivity contribution is 0.366. The molecule has 0 aromatic heterocycles. The van der Waals surface area contributed by atoms with Gasteiger partial charge in [-0.25, -0.2) is 10.5 Å². The lowest BCUT2D eigenvalue weighted by atomic mass is 10.3. The second-order valence-electron chi connectivity index (χ2n) is 0.990. The highest BCUT2D eigenvalue weighted by Gasteiger charge is 2.21. The monoisotopic (exact) mass is 228 g/mol. The molecule has 0 unspecified atom stereocenters. The molecule has 0 N–H and O–H groups in total. The zero-order valence-electron chi connectivity index (χ0n) is 6.23. The maximum absolute atomic E-state index is 9.75. The van der Waals surface area contributed by atoms with Crippen molar-refractivity contribution in [1.29, 1.82) is 10.5 Å². The molecule has 0 aliphatic heterocycles. The minimum Gasteiger partial charge on any atom is -0.418 e. The second-order valence-corrected chi connectivity index (χ2v) is 0.990. The van der Waals surface area contributed by atoms with Crippen LogP contribution in [-0.2, 0) is 0 Å². The van der Waals surface area contributed by atoms with Crippen molar-refractivity contribution in [3.8, 4) is 13.1 Å². The van der Waals surface area contributed by atoms with E-state index in [0.29, 0.717) is 0 Å². The summed E-state index contributed by atoms with van der Waals surface area (Å²) in [4.78, 5) is 0. The van der Waals surface area contributed by atoms with E-state index in [1.54, 1.807) is 0 Å². The molecule has 0 amide bonds. The average molecular weight is 228 g/mol. The molecule has 0 heterocycles. The smallest absolute Gasteiger partial charge is 0.418 e. The zero-order chi connectivity index (χ0) is 13.0. The van der Waals surface area contributed by atoms with Crippen LogP contribution in [0, 0.1) is 23.7 Å². The normalized spacial score (nSPS) is 8.86. The van der Waals surface area contributed by atoms with Gasteiger partial charge in [0.05, 0.1) is 0 Å². The molecule has 0 aromatic rings. The number of nitriles is 2. The van der Waals surface area contributed by atoms with E-state index in [1.165, 1.54) is 0 Å². The summed E-state index contributed by atoms with van der Waals surface area (Å²) in [5.74, 6) is 0. The first-order valence-electron chi connectivity index (χ1n) is 2.26. The van der Waals surface area contributed by atoms with Crippen LogP contribution in [0.3, 0.4) is 0 Å². The van der Waals surface area contributed by atoms with Gasteiger partial charge in [0.1, 0.15) is 0 Å². The van der Waals surface area contributed by atoms with Gasteiger partial charge < -0.3 is 34.5 Å². The largest absolute Gasteiger partial charge is 0.673 e. The first kappa shape index (κ1) is 22.9. The van der Waals surface area contributed by atoms with Crippen molar-refractivity contribution in [1.82, 2.24) is 0 Å². The highest BCUT2D eigenvalue weighted by Crippen LogP contribution is 2.07. The Kier molecular flexibility index (Phi) is 18.9. The third-order valence-electron chi connectivity index (χ3n) is 0. The Morgan fingerprint density at radius 3 is 0.500 bits per heavy atom. The fraction of sp³-hybridized carbons (Fsp3) is 0. The molecule has 0 spiro atoms. The van der Waals surface area contributed by atoms with E-state index in [9.17, 15) is 34.5 Å². The first-order chi connectivity index (χ1) is 6.00. The summed E-state index contributed by atoms with van der Waals surface area (Å²) in [6.45, 7) is 7.00. The van der Waals surface area contributed by atoms with E-state index in [-0.39, 0.29) is 0 Å². The number of halogens is 8. The number of hydrogen-bond acceptors (Lipinski definition) is 2. The van der Waals surface area contributed by atoms with E-state index in [0.717, 1.165) is 0 Å². The predicted octanol–water partition coefficient (Wildman–Crippen LogP) is 2.88. The molecule has 12 heteroatoms. The highest BCUT2D eigenvalue weighted by atomic mass is 19.5. The molecule has 2 nitrogen and oxygen atoms in total. The lowest BCUT2D eigenvalue weighted by Crippen LogP contribution is -2.02. The molecule has 0 fully saturated rings. The summed E-state index contributed by atoms with van der Waals surface area (Å²) in [7, 11) is -12.0. The van der Waals surface area contributed by atoms with E-state index < -0.39 is 14.5 Å². The van der Waals surface area contributed by atoms with Crippen molar-refractivity contribution < 1.29 is 34.5 Å². The summed E-state index contributed by atoms with van der Waals surface area (Å²) >= 11 is 0. The van der Waals surface area contributed by atoms with Crippen LogP contribution in [-0.4, -0.2) is 14.5 Å². The van der Waals surface area contributed by atoms with Crippen LogP contribution in [0.15, 0.2) is 0 Å². The van der Waals surface area contributed by atoms with Gasteiger partial charge in [-0.05, 0) is 0 Å². The van der Waals surface area contributed by atoms with Crippen LogP contribution in [0.2, 0.25) is 0 Å². The Morgan fingerprint density at radius 2 is 0.500 bits per heavy atom. The van der Waals surface area contributed by atoms with Crippen molar-refractivity contribution in [2.75, 3.05) is 0 Å². The Labute approximate surface area is 73.9 Å². The molecule has 0 aliphatic carbocycles. The SMILES string of the molecule is C#N.C#N.F[B-](F)(F)F.F[B-](F)(F)F. The van der Waals surface area contributed by atoms with E-state index in [2.05, 4.69) is 13.1 Å². The van der Waals surface area contributed by atoms with E-state index in [4.69, 9.17) is 10.5 Å². The molecule has 0 aliphatic rings. The maximum Gasteiger partial charge on any atom is 0.673 e. The number of rotatable bonds is 0. The molecule has 0 bridgehead atoms. The molecule has 14 heavy (non-hydrogen) atoms. The van der Waals surface area contributed by atoms with Crippen LogP contribution in [0.4, 0.5) is 34.5 Å². The number of hydrogen-bond donors (Lipinski definition) is 0. The van der Waals surface area contributed by atoms with Crippen LogP contribution >= 0.6 is 0 Å². The van der Waals surface area contributed by atoms with Crippen molar-refractivity contribution in [2.24, 2.45) is 0 Å². The summed E-state index contributed by atoms with van der Waals surface area (Å²) in [6, 6.07) is 0. The van der Waals surface area contributed by atoms with Gasteiger partial charge >= 0.3 is 14.5 Å². The van der Waals surface area contributed by atoms with Gasteiger partial charge in [-0.3, -0.25) is 0 Å². The fourth-order valence-corrected chi connectivity index (χ4v) is 0. The van der Waals surface area contributed by atoms with Gasteiger partial charge in [-0.1, -0.05) is 0 Å². The molecule has 0 radical (unpaired) electrons. The Hall–Kier alpha value is -1.45. The second kappa shape index (κ2) is 11.5. The van der Waals surface area contributed by atoms with Crippen molar-refractivity contribution in [3.05, 3.63) is 0 Å². The highest BCUT2D eigenvalue weighted by molar-refractivity contribution is 6.50. The van der Waals surface area contributed by atoms with Crippen LogP contribution in [0.1, 0.15) is 0 Å². The van der Waals surface area contributed by atoms with Crippen LogP contribution in [0.25, 0.3) is 0 Å². The molecule has 0 saturated carbocycles. The molecule has 0 aromatic carbocycles. The van der Waals surface area contributed by atoms with Crippen LogP contribution in [0.5, 0.6) is 0 Å². The topological polar surface area (TPSA) is 47.6 Å².